The van der Waals surface area contributed by atoms with Crippen LogP contribution in [-0.4, -0.2) is 82.5 Å². The molecule has 2 aliphatic heterocycles. The fourth-order valence-electron chi connectivity index (χ4n) is 4.75. The van der Waals surface area contributed by atoms with E-state index in [1.165, 1.54) is 12.8 Å². The van der Waals surface area contributed by atoms with Crippen LogP contribution in [0.15, 0.2) is 29.1 Å². The molecular formula is C21H31N5O2. The maximum atomic E-state index is 12.8. The first-order valence-electron chi connectivity index (χ1n) is 10.4. The van der Waals surface area contributed by atoms with Crippen LogP contribution in [0.5, 0.6) is 0 Å². The summed E-state index contributed by atoms with van der Waals surface area (Å²) >= 11 is 0. The molecular weight excluding hydrogens is 354 g/mol. The molecule has 7 nitrogen and oxygen atoms in total. The predicted molar refractivity (Wildman–Crippen MR) is 110 cm³/mol. The van der Waals surface area contributed by atoms with E-state index in [2.05, 4.69) is 28.9 Å². The van der Waals surface area contributed by atoms with Gasteiger partial charge in [-0.05, 0) is 65.0 Å². The molecule has 152 valence electrons. The number of H-pyrrole nitrogens is 1. The number of hydrogen-bond donors (Lipinski definition) is 1. The third-order valence-corrected chi connectivity index (χ3v) is 6.54. The van der Waals surface area contributed by atoms with Crippen LogP contribution in [0.25, 0.3) is 11.0 Å². The molecule has 2 saturated heterocycles. The van der Waals surface area contributed by atoms with Gasteiger partial charge in [0.1, 0.15) is 6.54 Å². The van der Waals surface area contributed by atoms with E-state index in [1.54, 1.807) is 4.57 Å². The zero-order chi connectivity index (χ0) is 19.7. The molecule has 7 heteroatoms. The quantitative estimate of drug-likeness (QED) is 0.863. The van der Waals surface area contributed by atoms with E-state index in [9.17, 15) is 9.59 Å². The van der Waals surface area contributed by atoms with Gasteiger partial charge in [-0.25, -0.2) is 4.79 Å². The van der Waals surface area contributed by atoms with Crippen LogP contribution in [0, 0.1) is 0 Å². The molecule has 0 radical (unpaired) electrons. The monoisotopic (exact) mass is 385 g/mol. The van der Waals surface area contributed by atoms with Crippen LogP contribution in [0.3, 0.4) is 0 Å². The number of para-hydroxylation sites is 2. The van der Waals surface area contributed by atoms with E-state index in [0.717, 1.165) is 50.1 Å². The Morgan fingerprint density at radius 1 is 1.07 bits per heavy atom. The van der Waals surface area contributed by atoms with Crippen molar-refractivity contribution in [3.63, 3.8) is 0 Å². The number of nitrogens with zero attached hydrogens (tertiary/aromatic N) is 4. The number of amides is 1. The van der Waals surface area contributed by atoms with Crippen LogP contribution in [0.4, 0.5) is 0 Å². The molecule has 3 heterocycles. The molecule has 1 aromatic heterocycles. The maximum Gasteiger partial charge on any atom is 0.326 e. The predicted octanol–water partition coefficient (Wildman–Crippen LogP) is 1.35. The van der Waals surface area contributed by atoms with Crippen LogP contribution < -0.4 is 5.69 Å². The zero-order valence-electron chi connectivity index (χ0n) is 16.9. The number of benzene rings is 1. The Morgan fingerprint density at radius 3 is 2.43 bits per heavy atom. The Kier molecular flexibility index (Phi) is 5.55. The van der Waals surface area contributed by atoms with Crippen molar-refractivity contribution in [1.82, 2.24) is 24.3 Å². The second-order valence-electron chi connectivity index (χ2n) is 8.38. The van der Waals surface area contributed by atoms with Gasteiger partial charge in [0.25, 0.3) is 0 Å². The van der Waals surface area contributed by atoms with Gasteiger partial charge in [0, 0.05) is 25.2 Å². The number of imidazole rings is 1. The first kappa shape index (κ1) is 19.2. The molecule has 2 aliphatic rings. The molecule has 0 bridgehead atoms. The first-order chi connectivity index (χ1) is 13.5. The molecule has 0 spiro atoms. The summed E-state index contributed by atoms with van der Waals surface area (Å²) in [5.41, 5.74) is 1.35. The average Bonchev–Trinajstić information content (AvgIpc) is 3.03. The van der Waals surface area contributed by atoms with Gasteiger partial charge in [0.15, 0.2) is 0 Å². The molecule has 2 fully saturated rings. The summed E-state index contributed by atoms with van der Waals surface area (Å²) in [5.74, 6) is 0.0385. The number of likely N-dealkylation sites (tertiary alicyclic amines) is 2. The zero-order valence-corrected chi connectivity index (χ0v) is 16.9. The molecule has 28 heavy (non-hydrogen) atoms. The number of hydrogen-bond acceptors (Lipinski definition) is 4. The number of rotatable bonds is 4. The highest BCUT2D eigenvalue weighted by Gasteiger charge is 2.30. The summed E-state index contributed by atoms with van der Waals surface area (Å²) in [4.78, 5) is 34.7. The molecule has 0 aliphatic carbocycles. The Hall–Kier alpha value is -2.12. The van der Waals surface area contributed by atoms with Gasteiger partial charge in [0.2, 0.25) is 5.91 Å². The molecule has 1 aromatic carbocycles. The first-order valence-corrected chi connectivity index (χ1v) is 10.4. The van der Waals surface area contributed by atoms with Crippen molar-refractivity contribution in [1.29, 1.82) is 0 Å². The number of nitrogens with one attached hydrogen (secondary N) is 1. The fraction of sp³-hybridized carbons (Fsp3) is 0.619. The van der Waals surface area contributed by atoms with Gasteiger partial charge in [0.05, 0.1) is 11.0 Å². The minimum absolute atomic E-state index is 0.0385. The second-order valence-corrected chi connectivity index (χ2v) is 8.38. The van der Waals surface area contributed by atoms with Crippen molar-refractivity contribution < 1.29 is 4.79 Å². The van der Waals surface area contributed by atoms with Crippen LogP contribution in [0.2, 0.25) is 0 Å². The summed E-state index contributed by atoms with van der Waals surface area (Å²) in [5, 5.41) is 0. The number of carbonyl (C=O) groups excluding carboxylic acids is 1. The van der Waals surface area contributed by atoms with Crippen molar-refractivity contribution in [2.75, 3.05) is 40.3 Å². The van der Waals surface area contributed by atoms with Crippen molar-refractivity contribution in [2.24, 2.45) is 0 Å². The van der Waals surface area contributed by atoms with Gasteiger partial charge in [-0.3, -0.25) is 9.36 Å². The van der Waals surface area contributed by atoms with Crippen molar-refractivity contribution in [2.45, 2.75) is 44.3 Å². The molecule has 4 rings (SSSR count). The normalized spacial score (nSPS) is 20.3. The number of piperidine rings is 2. The smallest absolute Gasteiger partial charge is 0.326 e. The van der Waals surface area contributed by atoms with Crippen LogP contribution >= 0.6 is 0 Å². The standard InChI is InChI=1S/C21H31N5O2/c1-23(2)16-7-11-24(12-8-16)17-9-13-25(14-10-17)20(27)15-26-19-6-4-3-5-18(19)22-21(26)28/h3-6,16-17H,7-15H2,1-2H3,(H,22,28). The minimum atomic E-state index is -0.215. The number of aromatic amines is 1. The largest absolute Gasteiger partial charge is 0.341 e. The van der Waals surface area contributed by atoms with E-state index in [1.807, 2.05) is 29.2 Å². The lowest BCUT2D eigenvalue weighted by atomic mass is 9.97. The maximum absolute atomic E-state index is 12.8. The SMILES string of the molecule is CN(C)C1CCN(C2CCN(C(=O)Cn3c(=O)[nH]c4ccccc43)CC2)CC1. The molecule has 1 amide bonds. The Balaban J connectivity index is 1.32. The highest BCUT2D eigenvalue weighted by molar-refractivity contribution is 5.80. The third-order valence-electron chi connectivity index (χ3n) is 6.54. The van der Waals surface area contributed by atoms with Gasteiger partial charge >= 0.3 is 5.69 Å². The second kappa shape index (κ2) is 8.09. The Labute approximate surface area is 165 Å². The Morgan fingerprint density at radius 2 is 1.75 bits per heavy atom. The summed E-state index contributed by atoms with van der Waals surface area (Å²) in [7, 11) is 4.34. The Bertz CT molecular complexity index is 870. The van der Waals surface area contributed by atoms with E-state index >= 15 is 0 Å². The third kappa shape index (κ3) is 3.86. The topological polar surface area (TPSA) is 64.6 Å². The van der Waals surface area contributed by atoms with Gasteiger partial charge in [-0.15, -0.1) is 0 Å². The van der Waals surface area contributed by atoms with E-state index < -0.39 is 0 Å². The fourth-order valence-corrected chi connectivity index (χ4v) is 4.75. The number of aromatic nitrogens is 2. The highest BCUT2D eigenvalue weighted by Crippen LogP contribution is 2.23. The van der Waals surface area contributed by atoms with E-state index in [4.69, 9.17) is 0 Å². The summed E-state index contributed by atoms with van der Waals surface area (Å²) in [6.45, 7) is 4.00. The molecule has 0 saturated carbocycles. The average molecular weight is 386 g/mol. The minimum Gasteiger partial charge on any atom is -0.341 e. The van der Waals surface area contributed by atoms with E-state index in [-0.39, 0.29) is 18.1 Å². The van der Waals surface area contributed by atoms with E-state index in [0.29, 0.717) is 12.1 Å². The van der Waals surface area contributed by atoms with Gasteiger partial charge in [-0.1, -0.05) is 12.1 Å². The number of carbonyl (C=O) groups is 1. The molecule has 0 atom stereocenters. The molecule has 1 N–H and O–H groups in total. The van der Waals surface area contributed by atoms with Crippen molar-refractivity contribution in [3.05, 3.63) is 34.7 Å². The van der Waals surface area contributed by atoms with Gasteiger partial charge < -0.3 is 19.7 Å². The number of fused-ring (bicyclic) bond motifs is 1. The highest BCUT2D eigenvalue weighted by atomic mass is 16.2. The lowest BCUT2D eigenvalue weighted by Crippen LogP contribution is -2.51. The van der Waals surface area contributed by atoms with Crippen molar-refractivity contribution >= 4 is 16.9 Å². The lowest BCUT2D eigenvalue weighted by Gasteiger charge is -2.43. The lowest BCUT2D eigenvalue weighted by molar-refractivity contribution is -0.133. The summed E-state index contributed by atoms with van der Waals surface area (Å²) < 4.78 is 1.55. The molecule has 0 unspecified atom stereocenters. The molecule has 2 aromatic rings. The van der Waals surface area contributed by atoms with Crippen LogP contribution in [0.1, 0.15) is 25.7 Å². The van der Waals surface area contributed by atoms with Gasteiger partial charge in [-0.2, -0.15) is 0 Å². The summed E-state index contributed by atoms with van der Waals surface area (Å²) in [6, 6.07) is 8.81. The van der Waals surface area contributed by atoms with Crippen molar-refractivity contribution in [3.8, 4) is 0 Å². The summed E-state index contributed by atoms with van der Waals surface area (Å²) in [6.07, 6.45) is 4.52. The van der Waals surface area contributed by atoms with Crippen LogP contribution in [-0.2, 0) is 11.3 Å².